The van der Waals surface area contributed by atoms with Crippen LogP contribution in [0.3, 0.4) is 0 Å². The molecular weight excluding hydrogens is 558 g/mol. The fraction of sp³-hybridized carbons (Fsp3) is 0.588. The summed E-state index contributed by atoms with van der Waals surface area (Å²) < 4.78 is 3.22. The number of amides is 1. The van der Waals surface area contributed by atoms with E-state index in [1.165, 1.54) is 0 Å². The number of hydrogen-bond acceptors (Lipinski definition) is 9. The lowest BCUT2D eigenvalue weighted by Crippen LogP contribution is -2.74. The normalized spacial score (nSPS) is 44.4. The zero-order chi connectivity index (χ0) is 22.0. The van der Waals surface area contributed by atoms with Crippen molar-refractivity contribution in [1.29, 1.82) is 0 Å². The lowest BCUT2D eigenvalue weighted by atomic mass is 9.73. The van der Waals surface area contributed by atoms with Crippen LogP contribution in [0.4, 0.5) is 0 Å². The minimum absolute atomic E-state index is 0.0978. The first-order valence-corrected chi connectivity index (χ1v) is 11.8. The van der Waals surface area contributed by atoms with Crippen LogP contribution < -0.4 is 27.8 Å². The zero-order valence-electron chi connectivity index (χ0n) is 16.0. The van der Waals surface area contributed by atoms with Crippen LogP contribution in [0.15, 0.2) is 25.1 Å². The first-order chi connectivity index (χ1) is 14.7. The highest BCUT2D eigenvalue weighted by atomic mass is 79.9. The summed E-state index contributed by atoms with van der Waals surface area (Å²) in [6, 6.07) is 1.76. The molecule has 5 aliphatic rings. The van der Waals surface area contributed by atoms with Crippen LogP contribution in [0, 0.1) is 17.8 Å². The Morgan fingerprint density at radius 2 is 2.00 bits per heavy atom. The number of nitrogens with zero attached hydrogens (tertiary/aromatic N) is 4. The summed E-state index contributed by atoms with van der Waals surface area (Å²) in [5.74, 6) is -0.639. The number of alkyl halides is 1. The van der Waals surface area contributed by atoms with Crippen LogP contribution in [0.1, 0.15) is 16.7 Å². The first kappa shape index (κ1) is 20.1. The van der Waals surface area contributed by atoms with Crippen LogP contribution in [0.25, 0.3) is 0 Å². The molecular formula is C17H20Br2ClN9O2. The van der Waals surface area contributed by atoms with Crippen molar-refractivity contribution in [1.82, 2.24) is 20.1 Å². The summed E-state index contributed by atoms with van der Waals surface area (Å²) in [6.45, 7) is 0.670. The molecule has 9 N–H and O–H groups in total. The Hall–Kier alpha value is -1.54. The molecule has 1 amide bonds. The highest BCUT2D eigenvalue weighted by molar-refractivity contribution is 9.13. The number of halogens is 3. The van der Waals surface area contributed by atoms with Crippen LogP contribution in [0.5, 0.6) is 0 Å². The molecule has 6 rings (SSSR count). The van der Waals surface area contributed by atoms with Gasteiger partial charge in [0.15, 0.2) is 30.0 Å². The monoisotopic (exact) mass is 575 g/mol. The number of aliphatic hydroxyl groups excluding tert-OH is 1. The molecule has 1 aliphatic carbocycles. The molecule has 31 heavy (non-hydrogen) atoms. The number of hydrogen-bond donors (Lipinski definition) is 6. The van der Waals surface area contributed by atoms with E-state index in [-0.39, 0.29) is 36.2 Å². The van der Waals surface area contributed by atoms with Crippen molar-refractivity contribution in [2.24, 2.45) is 44.9 Å². The molecule has 2 fully saturated rings. The minimum Gasteiger partial charge on any atom is -0.370 e. The van der Waals surface area contributed by atoms with E-state index >= 15 is 0 Å². The highest BCUT2D eigenvalue weighted by Gasteiger charge is 2.79. The van der Waals surface area contributed by atoms with Crippen molar-refractivity contribution in [3.63, 3.8) is 0 Å². The van der Waals surface area contributed by atoms with Crippen LogP contribution in [0.2, 0.25) is 0 Å². The predicted molar refractivity (Wildman–Crippen MR) is 120 cm³/mol. The summed E-state index contributed by atoms with van der Waals surface area (Å²) in [5, 5.41) is 17.0. The van der Waals surface area contributed by atoms with Crippen molar-refractivity contribution >= 4 is 61.3 Å². The number of aromatic nitrogens is 1. The van der Waals surface area contributed by atoms with Crippen molar-refractivity contribution in [2.75, 3.05) is 13.1 Å². The van der Waals surface area contributed by atoms with Crippen LogP contribution >= 0.6 is 43.5 Å². The molecule has 8 atom stereocenters. The molecule has 14 heteroatoms. The van der Waals surface area contributed by atoms with Gasteiger partial charge in [-0.05, 0) is 56.3 Å². The van der Waals surface area contributed by atoms with E-state index in [4.69, 9.17) is 28.8 Å². The summed E-state index contributed by atoms with van der Waals surface area (Å²) in [6.07, 6.45) is -1.81. The maximum absolute atomic E-state index is 13.7. The van der Waals surface area contributed by atoms with E-state index in [1.807, 2.05) is 4.57 Å². The van der Waals surface area contributed by atoms with Crippen molar-refractivity contribution in [3.05, 3.63) is 20.8 Å². The van der Waals surface area contributed by atoms with Gasteiger partial charge in [0.05, 0.1) is 9.85 Å². The molecule has 2 spiro atoms. The number of rotatable bonds is 1. The summed E-state index contributed by atoms with van der Waals surface area (Å²) in [7, 11) is 0. The maximum Gasteiger partial charge on any atom is 0.272 e. The van der Waals surface area contributed by atoms with Crippen molar-refractivity contribution in [3.8, 4) is 0 Å². The van der Waals surface area contributed by atoms with Gasteiger partial charge in [0.25, 0.3) is 5.91 Å². The Balaban J connectivity index is 1.62. The van der Waals surface area contributed by atoms with Gasteiger partial charge in [-0.1, -0.05) is 0 Å². The minimum atomic E-state index is -1.21. The van der Waals surface area contributed by atoms with Crippen molar-refractivity contribution in [2.45, 2.75) is 29.0 Å². The zero-order valence-corrected chi connectivity index (χ0v) is 19.9. The smallest absolute Gasteiger partial charge is 0.272 e. The van der Waals surface area contributed by atoms with Gasteiger partial charge in [-0.25, -0.2) is 9.98 Å². The lowest BCUT2D eigenvalue weighted by molar-refractivity contribution is -0.0274. The molecule has 0 unspecified atom stereocenters. The molecule has 11 nitrogen and oxygen atoms in total. The van der Waals surface area contributed by atoms with E-state index in [2.05, 4.69) is 52.5 Å². The topological polar surface area (TPSA) is 172 Å². The molecule has 1 saturated carbocycles. The predicted octanol–water partition coefficient (Wildman–Crippen LogP) is -1.00. The second kappa shape index (κ2) is 6.07. The standard InChI is InChI=1S/C17H20Br2ClN9O2/c18-6-1-7-11(30)28-3-5-4(2-21)9(20)16(13(31)25-15(23)26-16)8(5)17(28)12(24-14(22)27-17)29(7)10(6)19/h1,4-5,8-9,12-13,31H,2-3,21H2,(H3,22,24,27)(H3,23,25,26)/t4-,5-,8+,9+,12+,13+,16+,17-/m1/s1. The van der Waals surface area contributed by atoms with Gasteiger partial charge in [0.1, 0.15) is 15.8 Å². The molecule has 4 aliphatic heterocycles. The summed E-state index contributed by atoms with van der Waals surface area (Å²) in [4.78, 5) is 24.3. The third-order valence-electron chi connectivity index (χ3n) is 7.57. The molecule has 0 aromatic carbocycles. The second-order valence-electron chi connectivity index (χ2n) is 8.68. The van der Waals surface area contributed by atoms with Gasteiger partial charge < -0.3 is 42.4 Å². The number of guanidine groups is 2. The Morgan fingerprint density at radius 1 is 1.29 bits per heavy atom. The number of aliphatic hydroxyl groups is 1. The van der Waals surface area contributed by atoms with E-state index in [0.717, 1.165) is 4.47 Å². The van der Waals surface area contributed by atoms with E-state index in [1.54, 1.807) is 11.0 Å². The SMILES string of the molecule is NC[C@@H]1[C@H]2CN3C(=O)c4cc(Br)c(Br)n4[C@@H]4N=C(N)N[C@@]43[C@@H]2[C@]2(NC(N)=N[C@H]2O)[C@H]1Cl. The number of aliphatic imine (C=N–C) groups is 2. The largest absolute Gasteiger partial charge is 0.370 e. The number of nitrogens with two attached hydrogens (primary N) is 3. The molecule has 1 aromatic heterocycles. The number of fused-ring (bicyclic) bond motifs is 4. The fourth-order valence-electron chi connectivity index (χ4n) is 6.60. The van der Waals surface area contributed by atoms with Crippen molar-refractivity contribution < 1.29 is 9.90 Å². The molecule has 0 radical (unpaired) electrons. The Bertz CT molecular complexity index is 1090. The quantitative estimate of drug-likeness (QED) is 0.232. The number of nitrogens with one attached hydrogen (secondary N) is 2. The summed E-state index contributed by atoms with van der Waals surface area (Å²) >= 11 is 14.0. The summed E-state index contributed by atoms with van der Waals surface area (Å²) in [5.41, 5.74) is 16.6. The number of carbonyl (C=O) groups is 1. The number of carbonyl (C=O) groups excluding carboxylic acids is 1. The average Bonchev–Trinajstić information content (AvgIpc) is 3.43. The third kappa shape index (κ3) is 2.06. The van der Waals surface area contributed by atoms with Gasteiger partial charge in [-0.2, -0.15) is 0 Å². The Kier molecular flexibility index (Phi) is 3.93. The van der Waals surface area contributed by atoms with Gasteiger partial charge >= 0.3 is 0 Å². The molecule has 1 saturated heterocycles. The van der Waals surface area contributed by atoms with Crippen LogP contribution in [-0.4, -0.2) is 68.3 Å². The van der Waals surface area contributed by atoms with Gasteiger partial charge in [0.2, 0.25) is 0 Å². The molecule has 0 bridgehead atoms. The van der Waals surface area contributed by atoms with Gasteiger partial charge in [-0.3, -0.25) is 4.79 Å². The first-order valence-electron chi connectivity index (χ1n) is 9.81. The Labute approximate surface area is 198 Å². The Morgan fingerprint density at radius 3 is 2.65 bits per heavy atom. The average molecular weight is 578 g/mol. The molecule has 1 aromatic rings. The molecule has 5 heterocycles. The van der Waals surface area contributed by atoms with Gasteiger partial charge in [-0.15, -0.1) is 11.6 Å². The lowest BCUT2D eigenvalue weighted by Gasteiger charge is -2.51. The third-order valence-corrected chi connectivity index (χ3v) is 10.2. The van der Waals surface area contributed by atoms with Gasteiger partial charge in [0, 0.05) is 12.5 Å². The second-order valence-corrected chi connectivity index (χ2v) is 10.8. The maximum atomic E-state index is 13.7. The van der Waals surface area contributed by atoms with E-state index < -0.39 is 34.9 Å². The highest BCUT2D eigenvalue weighted by Crippen LogP contribution is 2.63. The van der Waals surface area contributed by atoms with Crippen LogP contribution in [-0.2, 0) is 0 Å². The van der Waals surface area contributed by atoms with E-state index in [0.29, 0.717) is 16.8 Å². The van der Waals surface area contributed by atoms with E-state index in [9.17, 15) is 9.90 Å². The molecule has 166 valence electrons. The fourth-order valence-corrected chi connectivity index (χ4v) is 8.10.